The van der Waals surface area contributed by atoms with E-state index in [1.807, 2.05) is 18.2 Å². The van der Waals surface area contributed by atoms with Gasteiger partial charge in [0, 0.05) is 10.5 Å². The Kier molecular flexibility index (Phi) is 8.90. The molecule has 1 aromatic rings. The monoisotopic (exact) mass is 283 g/mol. The zero-order valence-corrected chi connectivity index (χ0v) is 12.5. The lowest BCUT2D eigenvalue weighted by molar-refractivity contribution is 0.414. The first-order valence-corrected chi connectivity index (χ1v) is 7.77. The van der Waals surface area contributed by atoms with Gasteiger partial charge in [-0.15, -0.1) is 11.8 Å². The van der Waals surface area contributed by atoms with Gasteiger partial charge in [0.2, 0.25) is 0 Å². The Morgan fingerprint density at radius 3 is 2.61 bits per heavy atom. The smallest absolute Gasteiger partial charge is 0.119 e. The zero-order chi connectivity index (χ0) is 13.1. The highest BCUT2D eigenvalue weighted by Crippen LogP contribution is 2.16. The van der Waals surface area contributed by atoms with E-state index in [1.54, 1.807) is 23.6 Å². The van der Waals surface area contributed by atoms with Gasteiger partial charge in [0.25, 0.3) is 0 Å². The molecule has 0 amide bonds. The molecule has 1 aliphatic rings. The Morgan fingerprint density at radius 2 is 2.11 bits per heavy atom. The van der Waals surface area contributed by atoms with Crippen LogP contribution in [0.5, 0.6) is 5.75 Å². The molecule has 0 spiro atoms. The van der Waals surface area contributed by atoms with Crippen molar-refractivity contribution in [3.05, 3.63) is 29.8 Å². The summed E-state index contributed by atoms with van der Waals surface area (Å²) >= 11 is 6.33. The van der Waals surface area contributed by atoms with Gasteiger partial charge in [0.15, 0.2) is 0 Å². The fourth-order valence-electron chi connectivity index (χ4n) is 1.69. The number of piperidine rings is 1. The van der Waals surface area contributed by atoms with Gasteiger partial charge in [0.1, 0.15) is 5.75 Å². The lowest BCUT2D eigenvalue weighted by Crippen LogP contribution is -2.21. The third-order valence-electron chi connectivity index (χ3n) is 2.66. The number of rotatable bonds is 4. The Labute approximate surface area is 119 Å². The van der Waals surface area contributed by atoms with E-state index in [1.165, 1.54) is 37.9 Å². The van der Waals surface area contributed by atoms with E-state index in [2.05, 4.69) is 11.4 Å². The van der Waals surface area contributed by atoms with Gasteiger partial charge in [-0.25, -0.2) is 0 Å². The number of nitrogens with one attached hydrogen (secondary N) is 1. The van der Waals surface area contributed by atoms with Crippen molar-refractivity contribution in [2.45, 2.75) is 25.0 Å². The average Bonchev–Trinajstić information content (AvgIpc) is 2.48. The second-order valence-electron chi connectivity index (χ2n) is 4.07. The van der Waals surface area contributed by atoms with Crippen molar-refractivity contribution in [3.63, 3.8) is 0 Å². The van der Waals surface area contributed by atoms with Crippen LogP contribution in [0.1, 0.15) is 24.8 Å². The van der Waals surface area contributed by atoms with E-state index in [0.29, 0.717) is 0 Å². The van der Waals surface area contributed by atoms with Gasteiger partial charge in [0.05, 0.1) is 7.11 Å². The molecule has 1 saturated heterocycles. The van der Waals surface area contributed by atoms with Crippen LogP contribution in [0.2, 0.25) is 0 Å². The van der Waals surface area contributed by atoms with Crippen molar-refractivity contribution in [1.29, 1.82) is 0 Å². The van der Waals surface area contributed by atoms with Crippen molar-refractivity contribution in [1.82, 2.24) is 5.32 Å². The number of ether oxygens (including phenoxy) is 1. The highest BCUT2D eigenvalue weighted by molar-refractivity contribution is 8.20. The van der Waals surface area contributed by atoms with E-state index >= 15 is 0 Å². The summed E-state index contributed by atoms with van der Waals surface area (Å²) in [5.41, 5.74) is 1.24. The molecule has 0 atom stereocenters. The van der Waals surface area contributed by atoms with Crippen molar-refractivity contribution >= 4 is 28.7 Å². The number of thioether (sulfide) groups is 1. The fraction of sp³-hybridized carbons (Fsp3) is 0.500. The van der Waals surface area contributed by atoms with Crippen LogP contribution in [0, 0.1) is 0 Å². The van der Waals surface area contributed by atoms with Gasteiger partial charge in [-0.1, -0.05) is 30.8 Å². The summed E-state index contributed by atoms with van der Waals surface area (Å²) in [7, 11) is 1.67. The Balaban J connectivity index is 0.000000225. The predicted molar refractivity (Wildman–Crippen MR) is 84.7 cm³/mol. The first-order valence-electron chi connectivity index (χ1n) is 6.25. The minimum absolute atomic E-state index is 0.900. The molecule has 4 heteroatoms. The molecule has 2 nitrogen and oxygen atoms in total. The topological polar surface area (TPSA) is 21.3 Å². The first-order chi connectivity index (χ1) is 8.86. The van der Waals surface area contributed by atoms with Crippen molar-refractivity contribution in [2.24, 2.45) is 0 Å². The van der Waals surface area contributed by atoms with Gasteiger partial charge < -0.3 is 10.1 Å². The quantitative estimate of drug-likeness (QED) is 0.851. The summed E-state index contributed by atoms with van der Waals surface area (Å²) < 4.78 is 6.77. The highest BCUT2D eigenvalue weighted by atomic mass is 32.2. The SMILES string of the molecule is C1CCNCC1.COc1cccc(CSC=S)c1. The largest absolute Gasteiger partial charge is 0.497 e. The molecular formula is C14H21NOS2. The lowest BCUT2D eigenvalue weighted by Gasteiger charge is -2.08. The number of thiocarbonyl (C=S) groups is 1. The third-order valence-corrected chi connectivity index (χ3v) is 3.70. The minimum atomic E-state index is 0.900. The van der Waals surface area contributed by atoms with Crippen LogP contribution >= 0.6 is 24.0 Å². The summed E-state index contributed by atoms with van der Waals surface area (Å²) in [4.78, 5) is 0. The maximum absolute atomic E-state index is 5.09. The van der Waals surface area contributed by atoms with Crippen molar-refractivity contribution in [3.8, 4) is 5.75 Å². The molecule has 0 aliphatic carbocycles. The standard InChI is InChI=1S/C9H10OS2.C5H11N/c1-10-9-4-2-3-8(5-9)6-12-7-11;1-2-4-6-5-3-1/h2-5,7H,6H2,1H3;6H,1-5H2. The van der Waals surface area contributed by atoms with Crippen LogP contribution in [0.25, 0.3) is 0 Å². The van der Waals surface area contributed by atoms with Crippen LogP contribution in [-0.2, 0) is 5.75 Å². The summed E-state index contributed by atoms with van der Waals surface area (Å²) in [6.07, 6.45) is 4.22. The molecule has 1 aliphatic heterocycles. The van der Waals surface area contributed by atoms with Crippen LogP contribution in [0.4, 0.5) is 0 Å². The van der Waals surface area contributed by atoms with E-state index in [-0.39, 0.29) is 0 Å². The molecule has 2 rings (SSSR count). The van der Waals surface area contributed by atoms with Gasteiger partial charge in [-0.2, -0.15) is 0 Å². The fourth-order valence-corrected chi connectivity index (χ4v) is 2.34. The van der Waals surface area contributed by atoms with Crippen LogP contribution in [0.15, 0.2) is 24.3 Å². The van der Waals surface area contributed by atoms with E-state index < -0.39 is 0 Å². The molecule has 0 bridgehead atoms. The summed E-state index contributed by atoms with van der Waals surface area (Å²) in [5, 5.41) is 3.28. The second-order valence-corrected chi connectivity index (χ2v) is 5.46. The Hall–Kier alpha value is -0.580. The Morgan fingerprint density at radius 1 is 1.33 bits per heavy atom. The summed E-state index contributed by atoms with van der Waals surface area (Å²) in [6, 6.07) is 8.00. The van der Waals surface area contributed by atoms with Gasteiger partial charge in [-0.3, -0.25) is 0 Å². The van der Waals surface area contributed by atoms with E-state index in [4.69, 9.17) is 17.0 Å². The number of hydrogen-bond donors (Lipinski definition) is 1. The first kappa shape index (κ1) is 15.5. The number of methoxy groups -OCH3 is 1. The molecule has 18 heavy (non-hydrogen) atoms. The second kappa shape index (κ2) is 10.4. The van der Waals surface area contributed by atoms with Crippen LogP contribution < -0.4 is 10.1 Å². The molecule has 0 aromatic heterocycles. The maximum atomic E-state index is 5.09. The lowest BCUT2D eigenvalue weighted by atomic mass is 10.2. The zero-order valence-electron chi connectivity index (χ0n) is 10.9. The molecule has 100 valence electrons. The number of hydrogen-bond acceptors (Lipinski definition) is 4. The third kappa shape index (κ3) is 6.99. The van der Waals surface area contributed by atoms with Crippen molar-refractivity contribution in [2.75, 3.05) is 20.2 Å². The minimum Gasteiger partial charge on any atom is -0.497 e. The van der Waals surface area contributed by atoms with Crippen molar-refractivity contribution < 1.29 is 4.74 Å². The Bertz CT molecular complexity index is 329. The summed E-state index contributed by atoms with van der Waals surface area (Å²) in [5.74, 6) is 1.82. The van der Waals surface area contributed by atoms with E-state index in [0.717, 1.165) is 11.5 Å². The van der Waals surface area contributed by atoms with E-state index in [9.17, 15) is 0 Å². The molecule has 1 aromatic carbocycles. The molecule has 0 unspecified atom stereocenters. The molecular weight excluding hydrogens is 262 g/mol. The predicted octanol–water partition coefficient (Wildman–Crippen LogP) is 3.65. The van der Waals surface area contributed by atoms with Gasteiger partial charge in [-0.05, 0) is 43.6 Å². The van der Waals surface area contributed by atoms with Gasteiger partial charge >= 0.3 is 0 Å². The molecule has 1 N–H and O–H groups in total. The summed E-state index contributed by atoms with van der Waals surface area (Å²) in [6.45, 7) is 2.50. The number of benzene rings is 1. The maximum Gasteiger partial charge on any atom is 0.119 e. The highest BCUT2D eigenvalue weighted by Gasteiger charge is 1.94. The average molecular weight is 283 g/mol. The normalized spacial score (nSPS) is 14.3. The van der Waals surface area contributed by atoms with Crippen LogP contribution in [0.3, 0.4) is 0 Å². The molecule has 0 radical (unpaired) electrons. The molecule has 1 heterocycles. The molecule has 0 saturated carbocycles. The molecule has 1 fully saturated rings. The van der Waals surface area contributed by atoms with Crippen LogP contribution in [-0.4, -0.2) is 24.9 Å².